The van der Waals surface area contributed by atoms with Crippen LogP contribution in [0.25, 0.3) is 10.9 Å². The third-order valence-corrected chi connectivity index (χ3v) is 5.26. The standard InChI is InChI=1S/C20H21BrN2O/c21-18-9-10-20(24-14-15-5-1-2-6-15)17(11-18)13-23-12-16-7-3-4-8-19(16)22-23/h3-4,7-12,15H,1-2,5-6,13-14H2. The number of aromatic nitrogens is 2. The number of fused-ring (bicyclic) bond motifs is 1. The van der Waals surface area contributed by atoms with Crippen LogP contribution in [0, 0.1) is 5.92 Å². The molecule has 0 atom stereocenters. The molecule has 0 N–H and O–H groups in total. The summed E-state index contributed by atoms with van der Waals surface area (Å²) in [4.78, 5) is 0. The maximum absolute atomic E-state index is 6.16. The zero-order valence-electron chi connectivity index (χ0n) is 13.6. The highest BCUT2D eigenvalue weighted by atomic mass is 79.9. The van der Waals surface area contributed by atoms with Gasteiger partial charge >= 0.3 is 0 Å². The van der Waals surface area contributed by atoms with Crippen LogP contribution < -0.4 is 4.74 Å². The summed E-state index contributed by atoms with van der Waals surface area (Å²) >= 11 is 3.58. The number of ether oxygens (including phenoxy) is 1. The Balaban J connectivity index is 1.55. The first-order chi connectivity index (χ1) is 11.8. The maximum Gasteiger partial charge on any atom is 0.124 e. The summed E-state index contributed by atoms with van der Waals surface area (Å²) in [6.45, 7) is 1.55. The van der Waals surface area contributed by atoms with Crippen molar-refractivity contribution in [2.75, 3.05) is 6.61 Å². The summed E-state index contributed by atoms with van der Waals surface area (Å²) in [5, 5.41) is 5.83. The zero-order chi connectivity index (χ0) is 16.4. The van der Waals surface area contributed by atoms with Crippen LogP contribution in [0.5, 0.6) is 5.75 Å². The van der Waals surface area contributed by atoms with Crippen molar-refractivity contribution < 1.29 is 4.74 Å². The lowest BCUT2D eigenvalue weighted by Gasteiger charge is -2.15. The molecule has 1 aliphatic rings. The van der Waals surface area contributed by atoms with Crippen LogP contribution in [0.4, 0.5) is 0 Å². The average Bonchev–Trinajstić information content (AvgIpc) is 3.22. The molecule has 1 aliphatic carbocycles. The second kappa shape index (κ2) is 6.98. The fourth-order valence-corrected chi connectivity index (χ4v) is 3.88. The van der Waals surface area contributed by atoms with Crippen molar-refractivity contribution in [1.29, 1.82) is 0 Å². The van der Waals surface area contributed by atoms with E-state index in [0.717, 1.165) is 27.9 Å². The van der Waals surface area contributed by atoms with Crippen LogP contribution in [0.3, 0.4) is 0 Å². The Kier molecular flexibility index (Phi) is 4.56. The first-order valence-electron chi connectivity index (χ1n) is 8.61. The first-order valence-corrected chi connectivity index (χ1v) is 9.41. The van der Waals surface area contributed by atoms with E-state index in [1.165, 1.54) is 31.1 Å². The molecule has 0 unspecified atom stereocenters. The SMILES string of the molecule is Brc1ccc(OCC2CCCC2)c(Cn2cc3ccccc3n2)c1. The van der Waals surface area contributed by atoms with Crippen LogP contribution in [0.15, 0.2) is 53.1 Å². The second-order valence-corrected chi connectivity index (χ2v) is 7.51. The van der Waals surface area contributed by atoms with E-state index in [0.29, 0.717) is 12.5 Å². The number of nitrogens with zero attached hydrogens (tertiary/aromatic N) is 2. The Labute approximate surface area is 150 Å². The van der Waals surface area contributed by atoms with Gasteiger partial charge in [0.05, 0.1) is 18.7 Å². The summed E-state index contributed by atoms with van der Waals surface area (Å²) in [5.41, 5.74) is 2.19. The number of hydrogen-bond acceptors (Lipinski definition) is 2. The average molecular weight is 385 g/mol. The van der Waals surface area contributed by atoms with Crippen molar-refractivity contribution in [3.63, 3.8) is 0 Å². The normalized spacial score (nSPS) is 15.2. The summed E-state index contributed by atoms with van der Waals surface area (Å²) < 4.78 is 9.23. The Morgan fingerprint density at radius 3 is 2.79 bits per heavy atom. The highest BCUT2D eigenvalue weighted by molar-refractivity contribution is 9.10. The zero-order valence-corrected chi connectivity index (χ0v) is 15.2. The molecule has 1 saturated carbocycles. The van der Waals surface area contributed by atoms with E-state index in [9.17, 15) is 0 Å². The van der Waals surface area contributed by atoms with Gasteiger partial charge in [-0.3, -0.25) is 4.68 Å². The molecule has 2 aromatic carbocycles. The van der Waals surface area contributed by atoms with Crippen LogP contribution in [-0.4, -0.2) is 16.4 Å². The molecule has 0 radical (unpaired) electrons. The minimum absolute atomic E-state index is 0.716. The lowest BCUT2D eigenvalue weighted by Crippen LogP contribution is -2.10. The fourth-order valence-electron chi connectivity index (χ4n) is 3.47. The molecule has 0 bridgehead atoms. The molecule has 0 amide bonds. The molecule has 0 spiro atoms. The molecule has 3 nitrogen and oxygen atoms in total. The van der Waals surface area contributed by atoms with Crippen LogP contribution in [0.1, 0.15) is 31.2 Å². The second-order valence-electron chi connectivity index (χ2n) is 6.60. The van der Waals surface area contributed by atoms with Gasteiger partial charge < -0.3 is 4.74 Å². The molecular weight excluding hydrogens is 364 g/mol. The van der Waals surface area contributed by atoms with Gasteiger partial charge in [0.1, 0.15) is 5.75 Å². The number of hydrogen-bond donors (Lipinski definition) is 0. The Morgan fingerprint density at radius 1 is 1.12 bits per heavy atom. The Bertz CT molecular complexity index is 804. The van der Waals surface area contributed by atoms with Gasteiger partial charge in [0.25, 0.3) is 0 Å². The highest BCUT2D eigenvalue weighted by Gasteiger charge is 2.16. The molecule has 1 fully saturated rings. The first kappa shape index (κ1) is 15.7. The van der Waals surface area contributed by atoms with E-state index in [1.807, 2.05) is 28.9 Å². The van der Waals surface area contributed by atoms with Gasteiger partial charge in [0, 0.05) is 21.6 Å². The smallest absolute Gasteiger partial charge is 0.124 e. The quantitative estimate of drug-likeness (QED) is 0.587. The summed E-state index contributed by atoms with van der Waals surface area (Å²) in [6, 6.07) is 14.5. The topological polar surface area (TPSA) is 27.1 Å². The van der Waals surface area contributed by atoms with Crippen molar-refractivity contribution >= 4 is 26.8 Å². The minimum Gasteiger partial charge on any atom is -0.493 e. The minimum atomic E-state index is 0.716. The predicted octanol–water partition coefficient (Wildman–Crippen LogP) is 5.42. The molecule has 0 saturated heterocycles. The number of halogens is 1. The maximum atomic E-state index is 6.16. The molecule has 4 heteroatoms. The Hall–Kier alpha value is -1.81. The van der Waals surface area contributed by atoms with Crippen molar-refractivity contribution in [1.82, 2.24) is 9.78 Å². The lowest BCUT2D eigenvalue weighted by molar-refractivity contribution is 0.249. The number of rotatable bonds is 5. The van der Waals surface area contributed by atoms with Gasteiger partial charge in [-0.05, 0) is 43.0 Å². The summed E-state index contributed by atoms with van der Waals surface area (Å²) in [7, 11) is 0. The van der Waals surface area contributed by atoms with Gasteiger partial charge in [0.15, 0.2) is 0 Å². The van der Waals surface area contributed by atoms with E-state index >= 15 is 0 Å². The van der Waals surface area contributed by atoms with Gasteiger partial charge in [-0.15, -0.1) is 0 Å². The summed E-state index contributed by atoms with van der Waals surface area (Å²) in [6.07, 6.45) is 7.39. The molecule has 0 aliphatic heterocycles. The lowest BCUT2D eigenvalue weighted by atomic mass is 10.1. The predicted molar refractivity (Wildman–Crippen MR) is 100 cm³/mol. The van der Waals surface area contributed by atoms with Gasteiger partial charge in [-0.1, -0.05) is 47.0 Å². The molecular formula is C20H21BrN2O. The van der Waals surface area contributed by atoms with Crippen molar-refractivity contribution in [2.45, 2.75) is 32.2 Å². The monoisotopic (exact) mass is 384 g/mol. The van der Waals surface area contributed by atoms with Crippen LogP contribution >= 0.6 is 15.9 Å². The molecule has 24 heavy (non-hydrogen) atoms. The third kappa shape index (κ3) is 3.48. The molecule has 1 aromatic heterocycles. The third-order valence-electron chi connectivity index (χ3n) is 4.77. The molecule has 4 rings (SSSR count). The fraction of sp³-hybridized carbons (Fsp3) is 0.350. The molecule has 3 aromatic rings. The molecule has 1 heterocycles. The van der Waals surface area contributed by atoms with Crippen molar-refractivity contribution in [3.05, 3.63) is 58.7 Å². The van der Waals surface area contributed by atoms with Crippen molar-refractivity contribution in [2.24, 2.45) is 5.92 Å². The van der Waals surface area contributed by atoms with E-state index in [4.69, 9.17) is 4.74 Å². The van der Waals surface area contributed by atoms with E-state index in [2.05, 4.69) is 45.4 Å². The molecule has 124 valence electrons. The van der Waals surface area contributed by atoms with Gasteiger partial charge in [-0.25, -0.2) is 0 Å². The van der Waals surface area contributed by atoms with Crippen molar-refractivity contribution in [3.8, 4) is 5.75 Å². The van der Waals surface area contributed by atoms with E-state index < -0.39 is 0 Å². The van der Waals surface area contributed by atoms with Gasteiger partial charge in [0.2, 0.25) is 0 Å². The van der Waals surface area contributed by atoms with Crippen LogP contribution in [0.2, 0.25) is 0 Å². The van der Waals surface area contributed by atoms with Crippen LogP contribution in [-0.2, 0) is 6.54 Å². The largest absolute Gasteiger partial charge is 0.493 e. The van der Waals surface area contributed by atoms with Gasteiger partial charge in [-0.2, -0.15) is 5.10 Å². The number of benzene rings is 2. The Morgan fingerprint density at radius 2 is 1.96 bits per heavy atom. The highest BCUT2D eigenvalue weighted by Crippen LogP contribution is 2.28. The van der Waals surface area contributed by atoms with E-state index in [-0.39, 0.29) is 0 Å². The van der Waals surface area contributed by atoms with E-state index in [1.54, 1.807) is 0 Å². The summed E-state index contributed by atoms with van der Waals surface area (Å²) in [5.74, 6) is 1.69.